The maximum Gasteiger partial charge on any atom is 0.0499 e. The molecule has 0 spiro atoms. The van der Waals surface area contributed by atoms with Crippen molar-refractivity contribution >= 4 is 0 Å². The summed E-state index contributed by atoms with van der Waals surface area (Å²) >= 11 is 0. The largest absolute Gasteiger partial charge is 0.396 e. The van der Waals surface area contributed by atoms with E-state index in [4.69, 9.17) is 0 Å². The van der Waals surface area contributed by atoms with Crippen LogP contribution in [0.2, 0.25) is 0 Å². The summed E-state index contributed by atoms with van der Waals surface area (Å²) < 4.78 is 0. The molecule has 0 radical (unpaired) electrons. The Hall–Kier alpha value is -0.120. The number of hydrogen-bond donors (Lipinski definition) is 2. The zero-order valence-electron chi connectivity index (χ0n) is 10.4. The van der Waals surface area contributed by atoms with Crippen molar-refractivity contribution in [2.75, 3.05) is 39.3 Å². The Balaban J connectivity index is 1.59. The highest BCUT2D eigenvalue weighted by Crippen LogP contribution is 2.36. The van der Waals surface area contributed by atoms with Gasteiger partial charge in [0.05, 0.1) is 0 Å². The van der Waals surface area contributed by atoms with E-state index in [9.17, 15) is 5.11 Å². The lowest BCUT2D eigenvalue weighted by atomic mass is 9.87. The van der Waals surface area contributed by atoms with Gasteiger partial charge in [0.2, 0.25) is 0 Å². The summed E-state index contributed by atoms with van der Waals surface area (Å²) in [5.74, 6) is 0. The van der Waals surface area contributed by atoms with Crippen molar-refractivity contribution in [2.45, 2.75) is 38.5 Å². The molecule has 3 nitrogen and oxygen atoms in total. The Morgan fingerprint density at radius 2 is 1.75 bits per heavy atom. The predicted octanol–water partition coefficient (Wildman–Crippen LogP) is 1.22. The smallest absolute Gasteiger partial charge is 0.0499 e. The Bertz CT molecular complexity index is 196. The fraction of sp³-hybridized carbons (Fsp3) is 1.00. The van der Waals surface area contributed by atoms with Crippen LogP contribution in [0.1, 0.15) is 38.5 Å². The van der Waals surface area contributed by atoms with Gasteiger partial charge in [-0.15, -0.1) is 0 Å². The number of aliphatic hydroxyl groups is 1. The third kappa shape index (κ3) is 3.19. The van der Waals surface area contributed by atoms with Gasteiger partial charge in [0.1, 0.15) is 0 Å². The van der Waals surface area contributed by atoms with E-state index in [0.29, 0.717) is 6.61 Å². The Morgan fingerprint density at radius 3 is 2.38 bits per heavy atom. The Kier molecular flexibility index (Phi) is 4.62. The van der Waals surface area contributed by atoms with E-state index in [1.54, 1.807) is 0 Å². The summed E-state index contributed by atoms with van der Waals surface area (Å²) in [6.07, 6.45) is 7.77. The van der Waals surface area contributed by atoms with Gasteiger partial charge in [-0.25, -0.2) is 0 Å². The minimum absolute atomic E-state index is 0.213. The summed E-state index contributed by atoms with van der Waals surface area (Å²) in [5.41, 5.74) is 0.213. The van der Waals surface area contributed by atoms with Crippen LogP contribution in [0.3, 0.4) is 0 Å². The lowest BCUT2D eigenvalue weighted by molar-refractivity contribution is 0.127. The quantitative estimate of drug-likeness (QED) is 0.669. The predicted molar refractivity (Wildman–Crippen MR) is 66.5 cm³/mol. The van der Waals surface area contributed by atoms with Gasteiger partial charge in [-0.05, 0) is 38.8 Å². The molecule has 0 amide bonds. The fourth-order valence-electron chi connectivity index (χ4n) is 3.11. The first-order chi connectivity index (χ1) is 7.85. The molecule has 0 bridgehead atoms. The van der Waals surface area contributed by atoms with E-state index in [2.05, 4.69) is 10.2 Å². The van der Waals surface area contributed by atoms with Crippen LogP contribution < -0.4 is 5.32 Å². The molecule has 1 saturated carbocycles. The topological polar surface area (TPSA) is 35.5 Å². The molecule has 0 aromatic heterocycles. The second kappa shape index (κ2) is 5.99. The number of rotatable bonds is 6. The van der Waals surface area contributed by atoms with Crippen LogP contribution in [0.15, 0.2) is 0 Å². The summed E-state index contributed by atoms with van der Waals surface area (Å²) in [6.45, 7) is 6.21. The van der Waals surface area contributed by atoms with E-state index in [-0.39, 0.29) is 5.41 Å². The van der Waals surface area contributed by atoms with E-state index in [1.807, 2.05) is 0 Å². The fourth-order valence-corrected chi connectivity index (χ4v) is 3.11. The van der Waals surface area contributed by atoms with Crippen molar-refractivity contribution in [1.29, 1.82) is 0 Å². The SMILES string of the molecule is OCC1(CNCCN2CCCC2)CCCC1. The standard InChI is InChI=1S/C13H26N2O/c16-12-13(5-1-2-6-13)11-14-7-10-15-8-3-4-9-15/h14,16H,1-12H2. The van der Waals surface area contributed by atoms with Crippen molar-refractivity contribution in [3.63, 3.8) is 0 Å². The summed E-state index contributed by atoms with van der Waals surface area (Å²) in [6, 6.07) is 0. The van der Waals surface area contributed by atoms with Crippen LogP contribution in [0.25, 0.3) is 0 Å². The molecule has 16 heavy (non-hydrogen) atoms. The summed E-state index contributed by atoms with van der Waals surface area (Å²) in [7, 11) is 0. The van der Waals surface area contributed by atoms with Crippen LogP contribution in [-0.2, 0) is 0 Å². The molecule has 1 aliphatic carbocycles. The number of nitrogens with one attached hydrogen (secondary N) is 1. The lowest BCUT2D eigenvalue weighted by Crippen LogP contribution is -2.38. The van der Waals surface area contributed by atoms with Crippen molar-refractivity contribution in [1.82, 2.24) is 10.2 Å². The van der Waals surface area contributed by atoms with Gasteiger partial charge in [0.25, 0.3) is 0 Å². The molecule has 94 valence electrons. The van der Waals surface area contributed by atoms with Crippen molar-refractivity contribution < 1.29 is 5.11 Å². The van der Waals surface area contributed by atoms with E-state index in [0.717, 1.165) is 13.1 Å². The number of hydrogen-bond acceptors (Lipinski definition) is 3. The van der Waals surface area contributed by atoms with Gasteiger partial charge in [-0.3, -0.25) is 0 Å². The normalized spacial score (nSPS) is 25.3. The van der Waals surface area contributed by atoms with Crippen molar-refractivity contribution in [2.24, 2.45) is 5.41 Å². The van der Waals surface area contributed by atoms with Crippen molar-refractivity contribution in [3.8, 4) is 0 Å². The van der Waals surface area contributed by atoms with Crippen LogP contribution >= 0.6 is 0 Å². The molecule has 0 atom stereocenters. The summed E-state index contributed by atoms with van der Waals surface area (Å²) in [5, 5.41) is 13.0. The molecular formula is C13H26N2O. The average molecular weight is 226 g/mol. The van der Waals surface area contributed by atoms with Crippen LogP contribution in [0.4, 0.5) is 0 Å². The van der Waals surface area contributed by atoms with Gasteiger partial charge in [0, 0.05) is 31.7 Å². The second-order valence-corrected chi connectivity index (χ2v) is 5.59. The molecule has 0 aromatic rings. The highest BCUT2D eigenvalue weighted by atomic mass is 16.3. The zero-order valence-corrected chi connectivity index (χ0v) is 10.4. The first kappa shape index (κ1) is 12.3. The molecule has 2 rings (SSSR count). The molecule has 0 unspecified atom stereocenters. The molecule has 2 N–H and O–H groups in total. The maximum atomic E-state index is 9.48. The van der Waals surface area contributed by atoms with E-state index in [1.165, 1.54) is 58.2 Å². The minimum atomic E-state index is 0.213. The van der Waals surface area contributed by atoms with Gasteiger partial charge in [-0.2, -0.15) is 0 Å². The molecule has 0 aromatic carbocycles. The lowest BCUT2D eigenvalue weighted by Gasteiger charge is -2.27. The molecule has 2 aliphatic rings. The van der Waals surface area contributed by atoms with Gasteiger partial charge in [0.15, 0.2) is 0 Å². The Morgan fingerprint density at radius 1 is 1.06 bits per heavy atom. The van der Waals surface area contributed by atoms with Gasteiger partial charge >= 0.3 is 0 Å². The number of nitrogens with zero attached hydrogens (tertiary/aromatic N) is 1. The minimum Gasteiger partial charge on any atom is -0.396 e. The van der Waals surface area contributed by atoms with E-state index >= 15 is 0 Å². The molecule has 1 heterocycles. The van der Waals surface area contributed by atoms with Crippen molar-refractivity contribution in [3.05, 3.63) is 0 Å². The maximum absolute atomic E-state index is 9.48. The molecule has 1 aliphatic heterocycles. The first-order valence-corrected chi connectivity index (χ1v) is 6.89. The average Bonchev–Trinajstić information content (AvgIpc) is 2.97. The second-order valence-electron chi connectivity index (χ2n) is 5.59. The zero-order chi connectivity index (χ0) is 11.3. The molecule has 3 heteroatoms. The molecule has 1 saturated heterocycles. The summed E-state index contributed by atoms with van der Waals surface area (Å²) in [4.78, 5) is 2.53. The number of aliphatic hydroxyl groups excluding tert-OH is 1. The monoisotopic (exact) mass is 226 g/mol. The van der Waals surface area contributed by atoms with Gasteiger partial charge < -0.3 is 15.3 Å². The van der Waals surface area contributed by atoms with Crippen LogP contribution in [0, 0.1) is 5.41 Å². The number of likely N-dealkylation sites (tertiary alicyclic amines) is 1. The Labute approximate surface area is 99.2 Å². The van der Waals surface area contributed by atoms with E-state index < -0.39 is 0 Å². The van der Waals surface area contributed by atoms with Crippen LogP contribution in [-0.4, -0.2) is 49.3 Å². The third-order valence-corrected chi connectivity index (χ3v) is 4.30. The third-order valence-electron chi connectivity index (χ3n) is 4.30. The van der Waals surface area contributed by atoms with Crippen LogP contribution in [0.5, 0.6) is 0 Å². The highest BCUT2D eigenvalue weighted by molar-refractivity contribution is 4.86. The molecular weight excluding hydrogens is 200 g/mol. The highest BCUT2D eigenvalue weighted by Gasteiger charge is 2.32. The molecule has 2 fully saturated rings. The first-order valence-electron chi connectivity index (χ1n) is 6.89. The van der Waals surface area contributed by atoms with Gasteiger partial charge in [-0.1, -0.05) is 12.8 Å².